The van der Waals surface area contributed by atoms with Crippen molar-refractivity contribution in [1.82, 2.24) is 15.8 Å². The summed E-state index contributed by atoms with van der Waals surface area (Å²) in [6.07, 6.45) is 2.96. The van der Waals surface area contributed by atoms with E-state index in [1.807, 2.05) is 30.3 Å². The SMILES string of the molecule is CNC(=O)/C=C/CNC(=O)c1ccc2noc(-c3ccccc3)c2c1. The fraction of sp³-hybridized carbons (Fsp3) is 0.105. The molecule has 3 aromatic rings. The number of rotatable bonds is 5. The summed E-state index contributed by atoms with van der Waals surface area (Å²) in [5.41, 5.74) is 2.09. The Labute approximate surface area is 144 Å². The van der Waals surface area contributed by atoms with Crippen LogP contribution in [0, 0.1) is 0 Å². The number of hydrogen-bond acceptors (Lipinski definition) is 4. The molecule has 0 spiro atoms. The Kier molecular flexibility index (Phi) is 4.89. The molecule has 0 aliphatic rings. The van der Waals surface area contributed by atoms with Crippen molar-refractivity contribution in [3.8, 4) is 11.3 Å². The summed E-state index contributed by atoms with van der Waals surface area (Å²) in [5.74, 6) is 0.182. The summed E-state index contributed by atoms with van der Waals surface area (Å²) in [5, 5.41) is 10.0. The van der Waals surface area contributed by atoms with Gasteiger partial charge in [0.05, 0.1) is 5.39 Å². The van der Waals surface area contributed by atoms with E-state index in [1.165, 1.54) is 6.08 Å². The van der Waals surface area contributed by atoms with Crippen LogP contribution in [0.5, 0.6) is 0 Å². The Balaban J connectivity index is 1.80. The van der Waals surface area contributed by atoms with Gasteiger partial charge < -0.3 is 15.2 Å². The molecule has 0 fully saturated rings. The Bertz CT molecular complexity index is 929. The standard InChI is InChI=1S/C19H17N3O3/c1-20-17(23)8-5-11-21-19(24)14-9-10-16-15(12-14)18(25-22-16)13-6-3-2-4-7-13/h2-10,12H,11H2,1H3,(H,20,23)(H,21,24)/b8-5+. The summed E-state index contributed by atoms with van der Waals surface area (Å²) in [6.45, 7) is 0.263. The fourth-order valence-corrected chi connectivity index (χ4v) is 2.38. The molecule has 2 aromatic carbocycles. The summed E-state index contributed by atoms with van der Waals surface area (Å²) >= 11 is 0. The molecule has 126 valence electrons. The van der Waals surface area contributed by atoms with Gasteiger partial charge in [-0.15, -0.1) is 0 Å². The van der Waals surface area contributed by atoms with Crippen LogP contribution in [-0.2, 0) is 4.79 Å². The van der Waals surface area contributed by atoms with Gasteiger partial charge in [0.25, 0.3) is 5.91 Å². The number of nitrogens with one attached hydrogen (secondary N) is 2. The predicted molar refractivity (Wildman–Crippen MR) is 95.0 cm³/mol. The van der Waals surface area contributed by atoms with Crippen LogP contribution in [0.3, 0.4) is 0 Å². The third kappa shape index (κ3) is 3.74. The van der Waals surface area contributed by atoms with E-state index >= 15 is 0 Å². The van der Waals surface area contributed by atoms with E-state index in [0.29, 0.717) is 16.8 Å². The predicted octanol–water partition coefficient (Wildman–Crippen LogP) is 2.53. The minimum Gasteiger partial charge on any atom is -0.356 e. The highest BCUT2D eigenvalue weighted by molar-refractivity contribution is 6.01. The van der Waals surface area contributed by atoms with Crippen LogP contribution in [0.1, 0.15) is 10.4 Å². The lowest BCUT2D eigenvalue weighted by Gasteiger charge is -2.03. The second kappa shape index (κ2) is 7.44. The summed E-state index contributed by atoms with van der Waals surface area (Å²) in [4.78, 5) is 23.4. The van der Waals surface area contributed by atoms with Crippen LogP contribution in [0.15, 0.2) is 65.2 Å². The van der Waals surface area contributed by atoms with E-state index < -0.39 is 0 Å². The number of likely N-dealkylation sites (N-methyl/N-ethyl adjacent to an activating group) is 1. The first-order valence-corrected chi connectivity index (χ1v) is 7.80. The van der Waals surface area contributed by atoms with Crippen molar-refractivity contribution in [3.05, 3.63) is 66.2 Å². The van der Waals surface area contributed by atoms with E-state index in [2.05, 4.69) is 15.8 Å². The lowest BCUT2D eigenvalue weighted by Crippen LogP contribution is -2.23. The first kappa shape index (κ1) is 16.4. The minimum absolute atomic E-state index is 0.215. The lowest BCUT2D eigenvalue weighted by molar-refractivity contribution is -0.116. The smallest absolute Gasteiger partial charge is 0.251 e. The number of nitrogens with zero attached hydrogens (tertiary/aromatic N) is 1. The molecule has 6 nitrogen and oxygen atoms in total. The molecule has 0 aliphatic carbocycles. The molecule has 0 saturated carbocycles. The summed E-state index contributed by atoms with van der Waals surface area (Å²) < 4.78 is 5.44. The number of carbonyl (C=O) groups is 2. The van der Waals surface area contributed by atoms with Crippen LogP contribution < -0.4 is 10.6 Å². The number of aromatic nitrogens is 1. The average Bonchev–Trinajstić information content (AvgIpc) is 3.08. The van der Waals surface area contributed by atoms with Gasteiger partial charge in [-0.1, -0.05) is 41.6 Å². The largest absolute Gasteiger partial charge is 0.356 e. The van der Waals surface area contributed by atoms with Crippen molar-refractivity contribution in [2.75, 3.05) is 13.6 Å². The molecule has 0 atom stereocenters. The van der Waals surface area contributed by atoms with Crippen molar-refractivity contribution in [2.45, 2.75) is 0 Å². The van der Waals surface area contributed by atoms with E-state index in [1.54, 1.807) is 31.3 Å². The van der Waals surface area contributed by atoms with Crippen molar-refractivity contribution >= 4 is 22.7 Å². The first-order chi connectivity index (χ1) is 12.2. The van der Waals surface area contributed by atoms with E-state index in [4.69, 9.17) is 4.52 Å². The zero-order chi connectivity index (χ0) is 17.6. The maximum Gasteiger partial charge on any atom is 0.251 e. The molecule has 3 rings (SSSR count). The Morgan fingerprint density at radius 1 is 1.16 bits per heavy atom. The molecular weight excluding hydrogens is 318 g/mol. The third-order valence-corrected chi connectivity index (χ3v) is 3.67. The van der Waals surface area contributed by atoms with Gasteiger partial charge in [0.2, 0.25) is 5.91 Å². The molecule has 0 saturated heterocycles. The van der Waals surface area contributed by atoms with Crippen LogP contribution in [0.2, 0.25) is 0 Å². The zero-order valence-electron chi connectivity index (χ0n) is 13.7. The third-order valence-electron chi connectivity index (χ3n) is 3.67. The second-order valence-electron chi connectivity index (χ2n) is 5.34. The van der Waals surface area contributed by atoms with Gasteiger partial charge in [0.1, 0.15) is 5.52 Å². The molecule has 0 bridgehead atoms. The molecule has 1 aromatic heterocycles. The van der Waals surface area contributed by atoms with Gasteiger partial charge in [0, 0.05) is 30.8 Å². The summed E-state index contributed by atoms with van der Waals surface area (Å²) in [7, 11) is 1.55. The number of amides is 2. The number of hydrogen-bond donors (Lipinski definition) is 2. The van der Waals surface area contributed by atoms with Crippen molar-refractivity contribution in [1.29, 1.82) is 0 Å². The molecule has 25 heavy (non-hydrogen) atoms. The normalized spacial score (nSPS) is 10.9. The molecule has 0 aliphatic heterocycles. The van der Waals surface area contributed by atoms with Crippen LogP contribution in [-0.4, -0.2) is 30.6 Å². The molecule has 0 radical (unpaired) electrons. The highest BCUT2D eigenvalue weighted by atomic mass is 16.5. The average molecular weight is 335 g/mol. The molecular formula is C19H17N3O3. The lowest BCUT2D eigenvalue weighted by atomic mass is 10.1. The van der Waals surface area contributed by atoms with E-state index in [9.17, 15) is 9.59 Å². The van der Waals surface area contributed by atoms with E-state index in [-0.39, 0.29) is 18.4 Å². The number of benzene rings is 2. The molecule has 2 amide bonds. The molecule has 2 N–H and O–H groups in total. The van der Waals surface area contributed by atoms with Gasteiger partial charge in [-0.2, -0.15) is 0 Å². The number of fused-ring (bicyclic) bond motifs is 1. The van der Waals surface area contributed by atoms with Gasteiger partial charge >= 0.3 is 0 Å². The maximum atomic E-state index is 12.3. The first-order valence-electron chi connectivity index (χ1n) is 7.80. The topological polar surface area (TPSA) is 84.2 Å². The van der Waals surface area contributed by atoms with Gasteiger partial charge in [-0.05, 0) is 18.2 Å². The van der Waals surface area contributed by atoms with E-state index in [0.717, 1.165) is 10.9 Å². The quantitative estimate of drug-likeness (QED) is 0.702. The van der Waals surface area contributed by atoms with Gasteiger partial charge in [0.15, 0.2) is 5.76 Å². The molecule has 0 unspecified atom stereocenters. The number of carbonyl (C=O) groups excluding carboxylic acids is 2. The molecule has 6 heteroatoms. The Hall–Kier alpha value is -3.41. The summed E-state index contributed by atoms with van der Waals surface area (Å²) in [6, 6.07) is 14.8. The van der Waals surface area contributed by atoms with Crippen molar-refractivity contribution in [2.24, 2.45) is 0 Å². The van der Waals surface area contributed by atoms with Crippen LogP contribution in [0.25, 0.3) is 22.2 Å². The van der Waals surface area contributed by atoms with Crippen molar-refractivity contribution < 1.29 is 14.1 Å². The Morgan fingerprint density at radius 3 is 2.72 bits per heavy atom. The highest BCUT2D eigenvalue weighted by Gasteiger charge is 2.13. The maximum absolute atomic E-state index is 12.3. The Morgan fingerprint density at radius 2 is 1.96 bits per heavy atom. The minimum atomic E-state index is -0.233. The van der Waals surface area contributed by atoms with Crippen molar-refractivity contribution in [3.63, 3.8) is 0 Å². The second-order valence-corrected chi connectivity index (χ2v) is 5.34. The van der Waals surface area contributed by atoms with Gasteiger partial charge in [-0.25, -0.2) is 0 Å². The fourth-order valence-electron chi connectivity index (χ4n) is 2.38. The molecule has 1 heterocycles. The monoisotopic (exact) mass is 335 g/mol. The van der Waals surface area contributed by atoms with Gasteiger partial charge in [-0.3, -0.25) is 9.59 Å². The zero-order valence-corrected chi connectivity index (χ0v) is 13.7. The highest BCUT2D eigenvalue weighted by Crippen LogP contribution is 2.29. The van der Waals surface area contributed by atoms with Crippen LogP contribution >= 0.6 is 0 Å². The van der Waals surface area contributed by atoms with Crippen LogP contribution in [0.4, 0.5) is 0 Å².